The van der Waals surface area contributed by atoms with Gasteiger partial charge in [0.05, 0.1) is 16.3 Å². The zero-order valence-electron chi connectivity index (χ0n) is 11.8. The molecule has 0 saturated carbocycles. The van der Waals surface area contributed by atoms with Gasteiger partial charge in [-0.05, 0) is 30.7 Å². The second kappa shape index (κ2) is 6.37. The molecule has 5 nitrogen and oxygen atoms in total. The third kappa shape index (κ3) is 3.58. The van der Waals surface area contributed by atoms with Crippen LogP contribution >= 0.6 is 23.4 Å². The molecule has 2 N–H and O–H groups in total. The van der Waals surface area contributed by atoms with Gasteiger partial charge in [-0.15, -0.1) is 0 Å². The summed E-state index contributed by atoms with van der Waals surface area (Å²) in [5, 5.41) is 4.05. The molecule has 0 aliphatic carbocycles. The number of H-pyrrole nitrogens is 1. The molecular weight excluding hydrogens is 320 g/mol. The molecule has 1 aromatic carbocycles. The molecule has 112 valence electrons. The van der Waals surface area contributed by atoms with Gasteiger partial charge in [-0.1, -0.05) is 35.5 Å². The Balaban J connectivity index is 1.62. The highest BCUT2D eigenvalue weighted by Crippen LogP contribution is 2.20. The Kier molecular flexibility index (Phi) is 4.31. The number of hydrogen-bond acceptors (Lipinski definition) is 4. The van der Waals surface area contributed by atoms with Gasteiger partial charge >= 0.3 is 0 Å². The first-order valence-corrected chi connectivity index (χ1v) is 7.97. The summed E-state index contributed by atoms with van der Waals surface area (Å²) in [6.07, 6.45) is 1.55. The smallest absolute Gasteiger partial charge is 0.234 e. The number of fused-ring (bicyclic) bond motifs is 1. The van der Waals surface area contributed by atoms with Gasteiger partial charge in [0, 0.05) is 11.9 Å². The van der Waals surface area contributed by atoms with E-state index in [4.69, 9.17) is 11.6 Å². The zero-order valence-corrected chi connectivity index (χ0v) is 13.3. The minimum absolute atomic E-state index is 0.0814. The number of amides is 1. The van der Waals surface area contributed by atoms with Crippen molar-refractivity contribution in [3.63, 3.8) is 0 Å². The van der Waals surface area contributed by atoms with Crippen LogP contribution in [0.15, 0.2) is 41.7 Å². The van der Waals surface area contributed by atoms with E-state index in [1.165, 1.54) is 11.8 Å². The number of benzene rings is 1. The molecule has 0 bridgehead atoms. The lowest BCUT2D eigenvalue weighted by molar-refractivity contribution is -0.113. The summed E-state index contributed by atoms with van der Waals surface area (Å²) in [7, 11) is 0. The summed E-state index contributed by atoms with van der Waals surface area (Å²) < 4.78 is 0. The van der Waals surface area contributed by atoms with E-state index in [-0.39, 0.29) is 11.7 Å². The van der Waals surface area contributed by atoms with Gasteiger partial charge in [-0.25, -0.2) is 9.97 Å². The molecule has 7 heteroatoms. The summed E-state index contributed by atoms with van der Waals surface area (Å²) in [5.41, 5.74) is 3.24. The highest BCUT2D eigenvalue weighted by atomic mass is 35.5. The number of nitrogens with zero attached hydrogens (tertiary/aromatic N) is 2. The van der Waals surface area contributed by atoms with Gasteiger partial charge in [0.1, 0.15) is 0 Å². The number of pyridine rings is 1. The summed E-state index contributed by atoms with van der Waals surface area (Å²) in [6.45, 7) is 1.98. The first-order chi connectivity index (χ1) is 10.6. The standard InChI is InChI=1S/C15H13ClN4OS/c1-9-3-2-4-11(5-9)18-13(21)8-22-15-19-12-6-10(16)7-17-14(12)20-15/h2-7H,8H2,1H3,(H,18,21)(H,17,19,20). The summed E-state index contributed by atoms with van der Waals surface area (Å²) in [5.74, 6) is 0.184. The fourth-order valence-electron chi connectivity index (χ4n) is 1.97. The van der Waals surface area contributed by atoms with Gasteiger partial charge < -0.3 is 10.3 Å². The molecule has 0 atom stereocenters. The van der Waals surface area contributed by atoms with Crippen LogP contribution in [-0.4, -0.2) is 26.6 Å². The van der Waals surface area contributed by atoms with Crippen LogP contribution in [0, 0.1) is 6.92 Å². The number of anilines is 1. The number of nitrogens with one attached hydrogen (secondary N) is 2. The number of rotatable bonds is 4. The quantitative estimate of drug-likeness (QED) is 0.715. The maximum absolute atomic E-state index is 12.0. The number of carbonyl (C=O) groups is 1. The molecule has 0 aliphatic rings. The van der Waals surface area contributed by atoms with Gasteiger partial charge in [0.25, 0.3) is 0 Å². The second-order valence-electron chi connectivity index (χ2n) is 4.77. The molecular formula is C15H13ClN4OS. The van der Waals surface area contributed by atoms with Crippen LogP contribution in [0.3, 0.4) is 0 Å². The minimum atomic E-state index is -0.0814. The fraction of sp³-hybridized carbons (Fsp3) is 0.133. The van der Waals surface area contributed by atoms with Gasteiger partial charge in [-0.2, -0.15) is 0 Å². The number of aromatic amines is 1. The van der Waals surface area contributed by atoms with Crippen molar-refractivity contribution >= 4 is 46.1 Å². The molecule has 0 fully saturated rings. The van der Waals surface area contributed by atoms with Crippen LogP contribution in [0.2, 0.25) is 5.02 Å². The van der Waals surface area contributed by atoms with E-state index >= 15 is 0 Å². The van der Waals surface area contributed by atoms with Crippen LogP contribution in [0.1, 0.15) is 5.56 Å². The van der Waals surface area contributed by atoms with Crippen molar-refractivity contribution in [1.29, 1.82) is 0 Å². The molecule has 0 aliphatic heterocycles. The van der Waals surface area contributed by atoms with Gasteiger partial charge in [0.15, 0.2) is 10.8 Å². The molecule has 0 unspecified atom stereocenters. The largest absolute Gasteiger partial charge is 0.331 e. The Morgan fingerprint density at radius 1 is 1.41 bits per heavy atom. The summed E-state index contributed by atoms with van der Waals surface area (Å²) >= 11 is 7.20. The molecule has 0 saturated heterocycles. The molecule has 22 heavy (non-hydrogen) atoms. The fourth-order valence-corrected chi connectivity index (χ4v) is 2.81. The number of aromatic nitrogens is 3. The number of imidazole rings is 1. The number of halogens is 1. The van der Waals surface area contributed by atoms with E-state index in [0.717, 1.165) is 16.8 Å². The molecule has 0 spiro atoms. The lowest BCUT2D eigenvalue weighted by Crippen LogP contribution is -2.14. The predicted octanol–water partition coefficient (Wildman–Crippen LogP) is 3.65. The van der Waals surface area contributed by atoms with Crippen LogP contribution in [0.5, 0.6) is 0 Å². The van der Waals surface area contributed by atoms with Gasteiger partial charge in [-0.3, -0.25) is 4.79 Å². The van der Waals surface area contributed by atoms with Crippen molar-refractivity contribution in [1.82, 2.24) is 15.0 Å². The van der Waals surface area contributed by atoms with Crippen molar-refractivity contribution in [3.8, 4) is 0 Å². The minimum Gasteiger partial charge on any atom is -0.331 e. The van der Waals surface area contributed by atoms with Crippen LogP contribution < -0.4 is 5.32 Å². The van der Waals surface area contributed by atoms with Crippen LogP contribution in [0.4, 0.5) is 5.69 Å². The number of carbonyl (C=O) groups excluding carboxylic acids is 1. The average Bonchev–Trinajstić information content (AvgIpc) is 2.87. The van der Waals surface area contributed by atoms with Crippen molar-refractivity contribution < 1.29 is 4.79 Å². The van der Waals surface area contributed by atoms with Crippen LogP contribution in [0.25, 0.3) is 11.2 Å². The predicted molar refractivity (Wildman–Crippen MR) is 89.4 cm³/mol. The maximum atomic E-state index is 12.0. The van der Waals surface area contributed by atoms with E-state index in [1.54, 1.807) is 12.3 Å². The third-order valence-corrected chi connectivity index (χ3v) is 4.00. The van der Waals surface area contributed by atoms with Gasteiger partial charge in [0.2, 0.25) is 5.91 Å². The lowest BCUT2D eigenvalue weighted by atomic mass is 10.2. The number of aryl methyl sites for hydroxylation is 1. The Morgan fingerprint density at radius 2 is 2.27 bits per heavy atom. The zero-order chi connectivity index (χ0) is 15.5. The molecule has 3 aromatic rings. The molecule has 2 aromatic heterocycles. The molecule has 1 amide bonds. The van der Waals surface area contributed by atoms with E-state index in [0.29, 0.717) is 15.8 Å². The lowest BCUT2D eigenvalue weighted by Gasteiger charge is -2.04. The van der Waals surface area contributed by atoms with Crippen molar-refractivity contribution in [3.05, 3.63) is 47.1 Å². The topological polar surface area (TPSA) is 70.7 Å². The maximum Gasteiger partial charge on any atom is 0.234 e. The van der Waals surface area contributed by atoms with Crippen molar-refractivity contribution in [2.45, 2.75) is 12.1 Å². The van der Waals surface area contributed by atoms with Crippen molar-refractivity contribution in [2.24, 2.45) is 0 Å². The van der Waals surface area contributed by atoms with E-state index in [1.807, 2.05) is 31.2 Å². The molecule has 3 rings (SSSR count). The number of thioether (sulfide) groups is 1. The molecule has 0 radical (unpaired) electrons. The Hall–Kier alpha value is -2.05. The third-order valence-electron chi connectivity index (χ3n) is 2.92. The average molecular weight is 333 g/mol. The van der Waals surface area contributed by atoms with E-state index < -0.39 is 0 Å². The normalized spacial score (nSPS) is 10.8. The first-order valence-electron chi connectivity index (χ1n) is 6.61. The highest BCUT2D eigenvalue weighted by molar-refractivity contribution is 7.99. The summed E-state index contributed by atoms with van der Waals surface area (Å²) in [4.78, 5) is 23.5. The number of hydrogen-bond donors (Lipinski definition) is 2. The second-order valence-corrected chi connectivity index (χ2v) is 6.17. The van der Waals surface area contributed by atoms with Crippen molar-refractivity contribution in [2.75, 3.05) is 11.1 Å². The Morgan fingerprint density at radius 3 is 3.09 bits per heavy atom. The highest BCUT2D eigenvalue weighted by Gasteiger charge is 2.08. The monoisotopic (exact) mass is 332 g/mol. The van der Waals surface area contributed by atoms with E-state index in [2.05, 4.69) is 20.3 Å². The first kappa shape index (κ1) is 14.9. The Labute approximate surface area is 136 Å². The van der Waals surface area contributed by atoms with Crippen LogP contribution in [-0.2, 0) is 4.79 Å². The van der Waals surface area contributed by atoms with E-state index in [9.17, 15) is 4.79 Å². The molecule has 2 heterocycles. The SMILES string of the molecule is Cc1cccc(NC(=O)CSc2nc3ncc(Cl)cc3[nH]2)c1. The summed E-state index contributed by atoms with van der Waals surface area (Å²) in [6, 6.07) is 9.44. The Bertz CT molecular complexity index is 833.